The lowest BCUT2D eigenvalue weighted by Crippen LogP contribution is -2.33. The lowest BCUT2D eigenvalue weighted by Gasteiger charge is -2.28. The summed E-state index contributed by atoms with van der Waals surface area (Å²) in [5.74, 6) is 3.13. The second kappa shape index (κ2) is 9.98. The van der Waals surface area contributed by atoms with Gasteiger partial charge in [0.25, 0.3) is 11.8 Å². The molecule has 1 amide bonds. The van der Waals surface area contributed by atoms with Gasteiger partial charge in [-0.2, -0.15) is 11.8 Å². The van der Waals surface area contributed by atoms with Crippen molar-refractivity contribution in [2.24, 2.45) is 0 Å². The molecule has 6 nitrogen and oxygen atoms in total. The van der Waals surface area contributed by atoms with Crippen LogP contribution in [0.5, 0.6) is 11.6 Å². The smallest absolute Gasteiger partial charge is 0.263 e. The lowest BCUT2D eigenvalue weighted by molar-refractivity contribution is 0.0951. The first-order valence-corrected chi connectivity index (χ1v) is 11.3. The Bertz CT molecular complexity index is 1060. The van der Waals surface area contributed by atoms with Crippen molar-refractivity contribution >= 4 is 35.1 Å². The van der Waals surface area contributed by atoms with Crippen molar-refractivity contribution in [2.75, 3.05) is 29.5 Å². The molecule has 1 aromatic heterocycles. The quantitative estimate of drug-likeness (QED) is 0.584. The van der Waals surface area contributed by atoms with Gasteiger partial charge < -0.3 is 15.0 Å². The summed E-state index contributed by atoms with van der Waals surface area (Å²) in [6.45, 7) is 2.00. The first-order chi connectivity index (χ1) is 15.1. The number of benzene rings is 2. The molecule has 1 N–H and O–H groups in total. The monoisotopic (exact) mass is 458 g/mol. The van der Waals surface area contributed by atoms with Crippen molar-refractivity contribution in [1.29, 1.82) is 0 Å². The number of nitrogens with zero attached hydrogens (tertiary/aromatic N) is 3. The zero-order chi connectivity index (χ0) is 21.6. The Balaban J connectivity index is 1.40. The van der Waals surface area contributed by atoms with Crippen LogP contribution in [0, 0.1) is 5.82 Å². The normalized spacial score (nSPS) is 13.7. The van der Waals surface area contributed by atoms with E-state index in [1.807, 2.05) is 11.8 Å². The highest BCUT2D eigenvalue weighted by Gasteiger charge is 2.18. The molecule has 0 bridgehead atoms. The minimum absolute atomic E-state index is 0.202. The third kappa shape index (κ3) is 5.45. The average molecular weight is 459 g/mol. The largest absolute Gasteiger partial charge is 0.436 e. The molecule has 0 unspecified atom stereocenters. The van der Waals surface area contributed by atoms with Crippen LogP contribution in [0.2, 0.25) is 5.02 Å². The predicted molar refractivity (Wildman–Crippen MR) is 121 cm³/mol. The molecule has 0 spiro atoms. The van der Waals surface area contributed by atoms with E-state index in [1.165, 1.54) is 12.1 Å². The molecular weight excluding hydrogens is 439 g/mol. The number of thioether (sulfide) groups is 1. The number of hydrogen-bond donors (Lipinski definition) is 1. The van der Waals surface area contributed by atoms with Crippen LogP contribution in [0.1, 0.15) is 15.9 Å². The molecule has 1 fully saturated rings. The van der Waals surface area contributed by atoms with Gasteiger partial charge in [-0.15, -0.1) is 0 Å². The first-order valence-electron chi connectivity index (χ1n) is 9.74. The molecule has 1 saturated heterocycles. The van der Waals surface area contributed by atoms with Gasteiger partial charge in [-0.05, 0) is 42.0 Å². The molecule has 160 valence electrons. The molecular formula is C22H20ClFN4O2S. The van der Waals surface area contributed by atoms with Crippen molar-refractivity contribution in [2.45, 2.75) is 6.54 Å². The molecule has 1 aliphatic rings. The summed E-state index contributed by atoms with van der Waals surface area (Å²) >= 11 is 7.92. The molecule has 4 rings (SSSR count). The zero-order valence-electron chi connectivity index (χ0n) is 16.6. The predicted octanol–water partition coefficient (Wildman–Crippen LogP) is 4.54. The van der Waals surface area contributed by atoms with E-state index in [-0.39, 0.29) is 17.5 Å². The number of nitrogens with one attached hydrogen (secondary N) is 1. The Morgan fingerprint density at radius 1 is 1.13 bits per heavy atom. The summed E-state index contributed by atoms with van der Waals surface area (Å²) < 4.78 is 19.1. The van der Waals surface area contributed by atoms with E-state index in [1.54, 1.807) is 42.7 Å². The van der Waals surface area contributed by atoms with Crippen molar-refractivity contribution in [3.05, 3.63) is 76.8 Å². The van der Waals surface area contributed by atoms with Crippen LogP contribution in [-0.4, -0.2) is 40.5 Å². The molecule has 0 radical (unpaired) electrons. The molecule has 0 aliphatic carbocycles. The van der Waals surface area contributed by atoms with E-state index < -0.39 is 5.82 Å². The summed E-state index contributed by atoms with van der Waals surface area (Å²) in [4.78, 5) is 23.4. The minimum Gasteiger partial charge on any atom is -0.436 e. The fourth-order valence-electron chi connectivity index (χ4n) is 3.11. The van der Waals surface area contributed by atoms with Crippen molar-refractivity contribution in [1.82, 2.24) is 15.3 Å². The second-order valence-corrected chi connectivity index (χ2v) is 8.46. The number of carbonyl (C=O) groups is 1. The fraction of sp³-hybridized carbons (Fsp3) is 0.227. The number of anilines is 1. The van der Waals surface area contributed by atoms with Crippen LogP contribution in [0.3, 0.4) is 0 Å². The van der Waals surface area contributed by atoms with Gasteiger partial charge in [0, 0.05) is 54.1 Å². The first kappa shape index (κ1) is 21.4. The fourth-order valence-corrected chi connectivity index (χ4v) is 4.25. The van der Waals surface area contributed by atoms with Gasteiger partial charge in [-0.3, -0.25) is 4.79 Å². The minimum atomic E-state index is -0.416. The van der Waals surface area contributed by atoms with Crippen molar-refractivity contribution in [3.8, 4) is 11.6 Å². The molecule has 0 atom stereocenters. The summed E-state index contributed by atoms with van der Waals surface area (Å²) in [5.41, 5.74) is 1.11. The van der Waals surface area contributed by atoms with Crippen LogP contribution in [0.4, 0.5) is 10.2 Å². The van der Waals surface area contributed by atoms with Gasteiger partial charge in [-0.25, -0.2) is 14.4 Å². The molecule has 1 aliphatic heterocycles. The molecule has 2 aromatic carbocycles. The average Bonchev–Trinajstić information content (AvgIpc) is 2.80. The number of ether oxygens (including phenoxy) is 1. The summed E-state index contributed by atoms with van der Waals surface area (Å²) in [5, 5.41) is 3.05. The van der Waals surface area contributed by atoms with Gasteiger partial charge in [-0.1, -0.05) is 17.7 Å². The third-order valence-corrected chi connectivity index (χ3v) is 6.04. The highest BCUT2D eigenvalue weighted by Crippen LogP contribution is 2.29. The Morgan fingerprint density at radius 2 is 1.87 bits per heavy atom. The maximum absolute atomic E-state index is 13.1. The van der Waals surface area contributed by atoms with E-state index in [0.29, 0.717) is 22.8 Å². The van der Waals surface area contributed by atoms with E-state index in [9.17, 15) is 9.18 Å². The van der Waals surface area contributed by atoms with Gasteiger partial charge in [0.1, 0.15) is 11.6 Å². The topological polar surface area (TPSA) is 67.3 Å². The number of rotatable bonds is 6. The Kier molecular flexibility index (Phi) is 6.89. The Morgan fingerprint density at radius 3 is 2.61 bits per heavy atom. The van der Waals surface area contributed by atoms with E-state index in [0.717, 1.165) is 30.4 Å². The third-order valence-electron chi connectivity index (χ3n) is 4.74. The van der Waals surface area contributed by atoms with Gasteiger partial charge in [0.2, 0.25) is 0 Å². The van der Waals surface area contributed by atoms with Gasteiger partial charge in [0.15, 0.2) is 5.82 Å². The highest BCUT2D eigenvalue weighted by atomic mass is 35.5. The maximum Gasteiger partial charge on any atom is 0.263 e. The van der Waals surface area contributed by atoms with Crippen LogP contribution < -0.4 is 15.0 Å². The number of amides is 1. The Hall–Kier alpha value is -2.84. The molecule has 9 heteroatoms. The van der Waals surface area contributed by atoms with E-state index in [4.69, 9.17) is 16.3 Å². The van der Waals surface area contributed by atoms with Gasteiger partial charge in [0.05, 0.1) is 0 Å². The van der Waals surface area contributed by atoms with Crippen LogP contribution in [0.25, 0.3) is 0 Å². The second-order valence-electron chi connectivity index (χ2n) is 6.83. The van der Waals surface area contributed by atoms with Crippen molar-refractivity contribution in [3.63, 3.8) is 0 Å². The van der Waals surface area contributed by atoms with E-state index >= 15 is 0 Å². The summed E-state index contributed by atoms with van der Waals surface area (Å²) in [7, 11) is 0. The molecule has 31 heavy (non-hydrogen) atoms. The lowest BCUT2D eigenvalue weighted by atomic mass is 10.2. The Labute approximate surface area is 188 Å². The number of hydrogen-bond acceptors (Lipinski definition) is 6. The molecule has 3 aromatic rings. The van der Waals surface area contributed by atoms with E-state index in [2.05, 4.69) is 20.2 Å². The number of aromatic nitrogens is 2. The van der Waals surface area contributed by atoms with Crippen molar-refractivity contribution < 1.29 is 13.9 Å². The summed E-state index contributed by atoms with van der Waals surface area (Å²) in [6, 6.07) is 10.8. The molecule has 2 heterocycles. The zero-order valence-corrected chi connectivity index (χ0v) is 18.1. The maximum atomic E-state index is 13.1. The van der Waals surface area contributed by atoms with Crippen LogP contribution in [0.15, 0.2) is 54.9 Å². The van der Waals surface area contributed by atoms with Crippen LogP contribution in [-0.2, 0) is 6.54 Å². The highest BCUT2D eigenvalue weighted by molar-refractivity contribution is 7.99. The van der Waals surface area contributed by atoms with Gasteiger partial charge >= 0.3 is 0 Å². The standard InChI is InChI=1S/C22H20ClFN4O2S/c23-19-13-17(24)4-1-16(19)14-27-21(29)15-2-5-18(6-3-15)30-22-20(25-7-8-26-22)28-9-11-31-12-10-28/h1-8,13H,9-12,14H2,(H,27,29). The molecule has 0 saturated carbocycles. The van der Waals surface area contributed by atoms with Crippen LogP contribution >= 0.6 is 23.4 Å². The SMILES string of the molecule is O=C(NCc1ccc(F)cc1Cl)c1ccc(Oc2nccnc2N2CCSCC2)cc1. The summed E-state index contributed by atoms with van der Waals surface area (Å²) in [6.07, 6.45) is 3.25. The number of carbonyl (C=O) groups excluding carboxylic acids is 1. The number of halogens is 2.